The van der Waals surface area contributed by atoms with Crippen LogP contribution in [0.1, 0.15) is 24.0 Å². The summed E-state index contributed by atoms with van der Waals surface area (Å²) in [6.07, 6.45) is -0.798. The molecule has 3 heterocycles. The summed E-state index contributed by atoms with van der Waals surface area (Å²) in [7, 11) is -2.30. The Morgan fingerprint density at radius 3 is 2.50 bits per heavy atom. The van der Waals surface area contributed by atoms with Gasteiger partial charge in [0.2, 0.25) is 17.6 Å². The van der Waals surface area contributed by atoms with E-state index in [2.05, 4.69) is 20.3 Å². The maximum absolute atomic E-state index is 14.8. The SMILES string of the molecule is FC1CCCNC1.Nc1nccc(-c2cccnc2Oc2cc(F)c(NS(=O)Cc3cccc(C(F)(F)F)c3)c(F)c2F)n1. The van der Waals surface area contributed by atoms with Gasteiger partial charge in [-0.25, -0.2) is 32.3 Å². The van der Waals surface area contributed by atoms with Crippen molar-refractivity contribution in [1.29, 1.82) is 0 Å². The Labute approximate surface area is 249 Å². The summed E-state index contributed by atoms with van der Waals surface area (Å²) >= 11 is 0. The van der Waals surface area contributed by atoms with Crippen LogP contribution in [0.25, 0.3) is 11.3 Å². The molecule has 0 radical (unpaired) electrons. The van der Waals surface area contributed by atoms with Crippen molar-refractivity contribution in [3.8, 4) is 22.9 Å². The fraction of sp³-hybridized carbons (Fsp3) is 0.250. The number of benzene rings is 2. The maximum Gasteiger partial charge on any atom is 0.416 e. The molecule has 0 bridgehead atoms. The second kappa shape index (κ2) is 14.4. The van der Waals surface area contributed by atoms with Gasteiger partial charge in [0, 0.05) is 25.0 Å². The molecule has 0 amide bonds. The topological polar surface area (TPSA) is 115 Å². The van der Waals surface area contributed by atoms with Crippen LogP contribution in [0.4, 0.5) is 42.4 Å². The molecule has 1 saturated heterocycles. The molecule has 44 heavy (non-hydrogen) atoms. The number of aromatic nitrogens is 3. The van der Waals surface area contributed by atoms with E-state index in [1.807, 2.05) is 4.72 Å². The van der Waals surface area contributed by atoms with Crippen LogP contribution >= 0.6 is 0 Å². The van der Waals surface area contributed by atoms with Crippen LogP contribution in [0, 0.1) is 17.5 Å². The quantitative estimate of drug-likeness (QED) is 0.159. The lowest BCUT2D eigenvalue weighted by atomic mass is 10.1. The number of piperidine rings is 1. The first-order valence-electron chi connectivity index (χ1n) is 13.0. The van der Waals surface area contributed by atoms with E-state index in [0.717, 1.165) is 37.6 Å². The zero-order valence-electron chi connectivity index (χ0n) is 22.7. The number of halogens is 7. The third-order valence-electron chi connectivity index (χ3n) is 6.06. The molecule has 2 unspecified atom stereocenters. The minimum atomic E-state index is -4.63. The van der Waals surface area contributed by atoms with Crippen LogP contribution < -0.4 is 20.5 Å². The molecule has 5 rings (SSSR count). The molecule has 4 N–H and O–H groups in total. The number of nitrogens with two attached hydrogens (primary N) is 1. The molecular formula is C28H25F7N6O2S. The van der Waals surface area contributed by atoms with Crippen molar-refractivity contribution in [3.05, 3.63) is 89.5 Å². The lowest BCUT2D eigenvalue weighted by Crippen LogP contribution is -2.30. The number of nitrogen functional groups attached to an aromatic ring is 1. The van der Waals surface area contributed by atoms with Crippen molar-refractivity contribution in [2.75, 3.05) is 23.5 Å². The molecule has 234 valence electrons. The molecule has 2 aromatic carbocycles. The number of alkyl halides is 4. The van der Waals surface area contributed by atoms with Crippen LogP contribution in [0.3, 0.4) is 0 Å². The Morgan fingerprint density at radius 1 is 1.05 bits per heavy atom. The average molecular weight is 643 g/mol. The van der Waals surface area contributed by atoms with Gasteiger partial charge in [0.1, 0.15) is 22.8 Å². The van der Waals surface area contributed by atoms with Gasteiger partial charge in [-0.15, -0.1) is 0 Å². The predicted octanol–water partition coefficient (Wildman–Crippen LogP) is 6.33. The normalized spacial score (nSPS) is 15.6. The maximum atomic E-state index is 14.8. The molecule has 0 aliphatic carbocycles. The fourth-order valence-electron chi connectivity index (χ4n) is 3.98. The molecule has 0 spiro atoms. The van der Waals surface area contributed by atoms with Crippen molar-refractivity contribution in [2.45, 2.75) is 30.9 Å². The highest BCUT2D eigenvalue weighted by molar-refractivity contribution is 7.85. The molecule has 8 nitrogen and oxygen atoms in total. The summed E-state index contributed by atoms with van der Waals surface area (Å²) in [5, 5.41) is 2.96. The number of nitrogens with one attached hydrogen (secondary N) is 2. The molecule has 1 fully saturated rings. The Bertz CT molecular complexity index is 1620. The Balaban J connectivity index is 0.000000555. The van der Waals surface area contributed by atoms with Crippen molar-refractivity contribution in [1.82, 2.24) is 20.3 Å². The molecular weight excluding hydrogens is 617 g/mol. The number of rotatable bonds is 7. The molecule has 0 saturated carbocycles. The van der Waals surface area contributed by atoms with Crippen molar-refractivity contribution in [3.63, 3.8) is 0 Å². The largest absolute Gasteiger partial charge is 0.435 e. The highest BCUT2D eigenvalue weighted by Gasteiger charge is 2.30. The first-order chi connectivity index (χ1) is 20.9. The smallest absolute Gasteiger partial charge is 0.416 e. The van der Waals surface area contributed by atoms with Gasteiger partial charge in [-0.05, 0) is 49.2 Å². The minimum Gasteiger partial charge on any atom is -0.435 e. The van der Waals surface area contributed by atoms with Gasteiger partial charge in [0.05, 0.1) is 22.6 Å². The van der Waals surface area contributed by atoms with Gasteiger partial charge in [-0.3, -0.25) is 4.72 Å². The van der Waals surface area contributed by atoms with E-state index in [4.69, 9.17) is 10.5 Å². The van der Waals surface area contributed by atoms with E-state index in [1.54, 1.807) is 0 Å². The van der Waals surface area contributed by atoms with Crippen LogP contribution in [0.15, 0.2) is 60.9 Å². The summed E-state index contributed by atoms with van der Waals surface area (Å²) in [5.74, 6) is -6.46. The number of hydrogen-bond donors (Lipinski definition) is 3. The fourth-order valence-corrected chi connectivity index (χ4v) is 4.95. The Kier molecular flexibility index (Phi) is 10.7. The lowest BCUT2D eigenvalue weighted by Gasteiger charge is -2.14. The second-order valence-corrected chi connectivity index (χ2v) is 10.5. The van der Waals surface area contributed by atoms with Crippen LogP contribution in [-0.4, -0.2) is 38.4 Å². The number of anilines is 2. The molecule has 4 aromatic rings. The first-order valence-corrected chi connectivity index (χ1v) is 14.3. The summed E-state index contributed by atoms with van der Waals surface area (Å²) < 4.78 is 115. The average Bonchev–Trinajstić information content (AvgIpc) is 2.99. The van der Waals surface area contributed by atoms with Crippen molar-refractivity contribution >= 4 is 22.6 Å². The molecule has 2 aromatic heterocycles. The van der Waals surface area contributed by atoms with Gasteiger partial charge in [0.15, 0.2) is 17.4 Å². The Hall–Kier alpha value is -4.31. The number of nitrogens with zero attached hydrogens (tertiary/aromatic N) is 3. The van der Waals surface area contributed by atoms with Crippen LogP contribution in [0.5, 0.6) is 11.6 Å². The zero-order chi connectivity index (χ0) is 31.9. The van der Waals surface area contributed by atoms with Crippen LogP contribution in [0.2, 0.25) is 0 Å². The molecule has 16 heteroatoms. The third-order valence-corrected chi connectivity index (χ3v) is 7.09. The van der Waals surface area contributed by atoms with E-state index in [9.17, 15) is 34.9 Å². The van der Waals surface area contributed by atoms with E-state index in [1.165, 1.54) is 36.7 Å². The summed E-state index contributed by atoms with van der Waals surface area (Å²) in [6.45, 7) is 1.57. The number of pyridine rings is 1. The van der Waals surface area contributed by atoms with E-state index in [0.29, 0.717) is 12.6 Å². The predicted molar refractivity (Wildman–Crippen MR) is 150 cm³/mol. The zero-order valence-corrected chi connectivity index (χ0v) is 23.5. The first kappa shape index (κ1) is 32.6. The Morgan fingerprint density at radius 2 is 1.84 bits per heavy atom. The molecule has 2 atom stereocenters. The second-order valence-electron chi connectivity index (χ2n) is 9.35. The molecule has 1 aliphatic heterocycles. The van der Waals surface area contributed by atoms with Crippen molar-refractivity contribution in [2.24, 2.45) is 0 Å². The van der Waals surface area contributed by atoms with Gasteiger partial charge < -0.3 is 15.8 Å². The standard InChI is InChI=1S/C23H15F6N5O2S.C5H10FN/c24-15-10-17(36-21-14(5-2-7-31-21)16-6-8-32-22(30)33-16)18(25)19(26)20(15)34-37(35)11-12-3-1-4-13(9-12)23(27,28)29;6-5-2-1-3-7-4-5/h1-10,34H,11H2,(H2,30,32,33);5,7H,1-4H2. The lowest BCUT2D eigenvalue weighted by molar-refractivity contribution is -0.137. The van der Waals surface area contributed by atoms with E-state index in [-0.39, 0.29) is 28.6 Å². The van der Waals surface area contributed by atoms with Crippen molar-refractivity contribution < 1.29 is 39.7 Å². The summed E-state index contributed by atoms with van der Waals surface area (Å²) in [4.78, 5) is 11.7. The summed E-state index contributed by atoms with van der Waals surface area (Å²) in [6, 6.07) is 8.92. The van der Waals surface area contributed by atoms with Crippen LogP contribution in [-0.2, 0) is 22.9 Å². The monoisotopic (exact) mass is 642 g/mol. The minimum absolute atomic E-state index is 0.0186. The van der Waals surface area contributed by atoms with Gasteiger partial charge >= 0.3 is 6.18 Å². The number of hydrogen-bond acceptors (Lipinski definition) is 7. The molecule has 1 aliphatic rings. The van der Waals surface area contributed by atoms with Gasteiger partial charge in [0.25, 0.3) is 0 Å². The van der Waals surface area contributed by atoms with E-state index >= 15 is 0 Å². The highest BCUT2D eigenvalue weighted by atomic mass is 32.2. The number of ether oxygens (including phenoxy) is 1. The van der Waals surface area contributed by atoms with E-state index < -0.39 is 63.5 Å². The third kappa shape index (κ3) is 8.63. The summed E-state index contributed by atoms with van der Waals surface area (Å²) in [5.41, 5.74) is 3.96. The highest BCUT2D eigenvalue weighted by Crippen LogP contribution is 2.36. The van der Waals surface area contributed by atoms with Gasteiger partial charge in [-0.1, -0.05) is 18.2 Å². The van der Waals surface area contributed by atoms with Gasteiger partial charge in [-0.2, -0.15) is 17.6 Å².